The van der Waals surface area contributed by atoms with Crippen molar-refractivity contribution in [2.45, 2.75) is 45.1 Å². The van der Waals surface area contributed by atoms with Crippen molar-refractivity contribution < 1.29 is 18.8 Å². The zero-order valence-corrected chi connectivity index (χ0v) is 13.2. The van der Waals surface area contributed by atoms with E-state index in [9.17, 15) is 9.59 Å². The zero-order chi connectivity index (χ0) is 15.9. The number of hydrogen-bond acceptors (Lipinski definition) is 5. The largest absolute Gasteiger partial charge is 0.469 e. The molecule has 0 aliphatic heterocycles. The number of methoxy groups -OCH3 is 1. The quantitative estimate of drug-likeness (QED) is 0.862. The van der Waals surface area contributed by atoms with E-state index in [0.29, 0.717) is 17.6 Å². The second-order valence-corrected chi connectivity index (χ2v) is 6.65. The van der Waals surface area contributed by atoms with Crippen LogP contribution < -0.4 is 5.32 Å². The fourth-order valence-electron chi connectivity index (χ4n) is 3.87. The lowest BCUT2D eigenvalue weighted by Gasteiger charge is -2.29. The summed E-state index contributed by atoms with van der Waals surface area (Å²) in [6.07, 6.45) is 3.08. The van der Waals surface area contributed by atoms with Crippen molar-refractivity contribution in [3.63, 3.8) is 0 Å². The molecule has 6 nitrogen and oxygen atoms in total. The molecule has 2 saturated carbocycles. The molecule has 1 N–H and O–H groups in total. The highest BCUT2D eigenvalue weighted by atomic mass is 16.5. The Kier molecular flexibility index (Phi) is 3.93. The normalized spacial score (nSPS) is 29.8. The Morgan fingerprint density at radius 3 is 2.73 bits per heavy atom. The van der Waals surface area contributed by atoms with Crippen LogP contribution in [0.2, 0.25) is 0 Å². The summed E-state index contributed by atoms with van der Waals surface area (Å²) in [5.41, 5.74) is 0.273. The van der Waals surface area contributed by atoms with E-state index in [-0.39, 0.29) is 35.4 Å². The summed E-state index contributed by atoms with van der Waals surface area (Å²) >= 11 is 0. The molecule has 0 radical (unpaired) electrons. The average Bonchev–Trinajstić information content (AvgIpc) is 3.21. The predicted octanol–water partition coefficient (Wildman–Crippen LogP) is 2.12. The van der Waals surface area contributed by atoms with E-state index in [4.69, 9.17) is 9.26 Å². The Bertz CT molecular complexity index is 580. The van der Waals surface area contributed by atoms with Gasteiger partial charge in [0.15, 0.2) is 5.69 Å². The van der Waals surface area contributed by atoms with Gasteiger partial charge in [0.05, 0.1) is 13.0 Å². The van der Waals surface area contributed by atoms with Crippen molar-refractivity contribution in [2.24, 2.45) is 17.8 Å². The Labute approximate surface area is 129 Å². The Hall–Kier alpha value is -1.85. The molecule has 2 aliphatic carbocycles. The number of fused-ring (bicyclic) bond motifs is 2. The first kappa shape index (κ1) is 15.1. The predicted molar refractivity (Wildman–Crippen MR) is 78.2 cm³/mol. The molecular weight excluding hydrogens is 284 g/mol. The maximum Gasteiger partial charge on any atom is 0.311 e. The van der Waals surface area contributed by atoms with Crippen LogP contribution in [-0.2, 0) is 9.53 Å². The molecule has 1 aromatic heterocycles. The molecule has 120 valence electrons. The third-order valence-electron chi connectivity index (χ3n) is 5.02. The lowest BCUT2D eigenvalue weighted by Crippen LogP contribution is -2.47. The number of ether oxygens (including phenoxy) is 1. The molecule has 4 atom stereocenters. The van der Waals surface area contributed by atoms with Gasteiger partial charge in [-0.05, 0) is 31.1 Å². The van der Waals surface area contributed by atoms with Gasteiger partial charge >= 0.3 is 5.97 Å². The molecular formula is C16H22N2O4. The number of carbonyl (C=O) groups excluding carboxylic acids is 2. The summed E-state index contributed by atoms with van der Waals surface area (Å²) in [5, 5.41) is 6.81. The van der Waals surface area contributed by atoms with Gasteiger partial charge in [-0.2, -0.15) is 0 Å². The second kappa shape index (κ2) is 5.74. The number of esters is 1. The lowest BCUT2D eigenvalue weighted by atomic mass is 9.84. The van der Waals surface area contributed by atoms with Gasteiger partial charge in [-0.1, -0.05) is 19.0 Å². The molecule has 1 heterocycles. The molecule has 0 aromatic carbocycles. The summed E-state index contributed by atoms with van der Waals surface area (Å²) in [4.78, 5) is 24.4. The molecule has 22 heavy (non-hydrogen) atoms. The molecule has 1 amide bonds. The number of aromatic nitrogens is 1. The van der Waals surface area contributed by atoms with E-state index < -0.39 is 0 Å². The van der Waals surface area contributed by atoms with Gasteiger partial charge in [-0.3, -0.25) is 9.59 Å². The number of rotatable bonds is 4. The van der Waals surface area contributed by atoms with Crippen molar-refractivity contribution in [3.8, 4) is 0 Å². The van der Waals surface area contributed by atoms with Gasteiger partial charge in [0, 0.05) is 18.0 Å². The second-order valence-electron chi connectivity index (χ2n) is 6.65. The molecule has 6 heteroatoms. The average molecular weight is 306 g/mol. The van der Waals surface area contributed by atoms with E-state index in [2.05, 4.69) is 10.5 Å². The van der Waals surface area contributed by atoms with Gasteiger partial charge in [0.2, 0.25) is 0 Å². The van der Waals surface area contributed by atoms with Gasteiger partial charge in [-0.25, -0.2) is 0 Å². The van der Waals surface area contributed by atoms with Gasteiger partial charge < -0.3 is 14.6 Å². The maximum absolute atomic E-state index is 12.4. The number of carbonyl (C=O) groups is 2. The number of hydrogen-bond donors (Lipinski definition) is 1. The Morgan fingerprint density at radius 2 is 2.09 bits per heavy atom. The highest BCUT2D eigenvalue weighted by Gasteiger charge is 2.52. The molecule has 3 rings (SSSR count). The summed E-state index contributed by atoms with van der Waals surface area (Å²) in [5.74, 6) is 0.814. The summed E-state index contributed by atoms with van der Waals surface area (Å²) < 4.78 is 10.1. The molecule has 1 aromatic rings. The highest BCUT2D eigenvalue weighted by molar-refractivity contribution is 5.93. The van der Waals surface area contributed by atoms with E-state index in [0.717, 1.165) is 19.3 Å². The van der Waals surface area contributed by atoms with Crippen molar-refractivity contribution >= 4 is 11.9 Å². The zero-order valence-electron chi connectivity index (χ0n) is 13.2. The lowest BCUT2D eigenvalue weighted by molar-refractivity contribution is -0.148. The number of nitrogens with zero attached hydrogens (tertiary/aromatic N) is 1. The van der Waals surface area contributed by atoms with E-state index in [1.165, 1.54) is 7.11 Å². The Morgan fingerprint density at radius 1 is 1.36 bits per heavy atom. The standard InChI is InChI=1S/C16H22N2O4/c1-8(2)12-7-11(18-22-12)15(19)17-14-10-5-4-9(6-10)13(14)16(20)21-3/h7-10,13-14H,4-6H2,1-3H3,(H,17,19). The molecule has 0 spiro atoms. The molecule has 2 aliphatic rings. The van der Waals surface area contributed by atoms with Crippen LogP contribution >= 0.6 is 0 Å². The Balaban J connectivity index is 1.73. The highest BCUT2D eigenvalue weighted by Crippen LogP contribution is 2.49. The van der Waals surface area contributed by atoms with Crippen LogP contribution in [0.5, 0.6) is 0 Å². The van der Waals surface area contributed by atoms with E-state index in [1.54, 1.807) is 6.07 Å². The minimum Gasteiger partial charge on any atom is -0.469 e. The van der Waals surface area contributed by atoms with E-state index >= 15 is 0 Å². The smallest absolute Gasteiger partial charge is 0.311 e. The molecule has 4 unspecified atom stereocenters. The van der Waals surface area contributed by atoms with Crippen LogP contribution in [0.25, 0.3) is 0 Å². The minimum absolute atomic E-state index is 0.155. The molecule has 0 saturated heterocycles. The van der Waals surface area contributed by atoms with Gasteiger partial charge in [-0.15, -0.1) is 0 Å². The SMILES string of the molecule is COC(=O)C1C2CCC(C2)C1NC(=O)c1cc(C(C)C)on1. The van der Waals surface area contributed by atoms with Gasteiger partial charge in [0.1, 0.15) is 5.76 Å². The van der Waals surface area contributed by atoms with E-state index in [1.807, 2.05) is 13.8 Å². The van der Waals surface area contributed by atoms with Gasteiger partial charge in [0.25, 0.3) is 5.91 Å². The minimum atomic E-state index is -0.276. The summed E-state index contributed by atoms with van der Waals surface area (Å²) in [6, 6.07) is 1.51. The topological polar surface area (TPSA) is 81.4 Å². The monoisotopic (exact) mass is 306 g/mol. The third kappa shape index (κ3) is 2.51. The van der Waals surface area contributed by atoms with Crippen molar-refractivity contribution in [2.75, 3.05) is 7.11 Å². The maximum atomic E-state index is 12.4. The third-order valence-corrected chi connectivity index (χ3v) is 5.02. The van der Waals surface area contributed by atoms with Crippen LogP contribution in [0.15, 0.2) is 10.6 Å². The van der Waals surface area contributed by atoms with Crippen LogP contribution in [0.1, 0.15) is 55.3 Å². The first-order chi connectivity index (χ1) is 10.5. The van der Waals surface area contributed by atoms with Crippen LogP contribution in [-0.4, -0.2) is 30.2 Å². The van der Waals surface area contributed by atoms with Crippen LogP contribution in [0.3, 0.4) is 0 Å². The number of nitrogens with one attached hydrogen (secondary N) is 1. The first-order valence-electron chi connectivity index (χ1n) is 7.86. The fourth-order valence-corrected chi connectivity index (χ4v) is 3.87. The molecule has 2 bridgehead atoms. The van der Waals surface area contributed by atoms with Crippen molar-refractivity contribution in [1.82, 2.24) is 10.5 Å². The first-order valence-corrected chi connectivity index (χ1v) is 7.86. The van der Waals surface area contributed by atoms with Crippen molar-refractivity contribution in [3.05, 3.63) is 17.5 Å². The van der Waals surface area contributed by atoms with Crippen LogP contribution in [0.4, 0.5) is 0 Å². The summed E-state index contributed by atoms with van der Waals surface area (Å²) in [6.45, 7) is 3.96. The fraction of sp³-hybridized carbons (Fsp3) is 0.688. The van der Waals surface area contributed by atoms with Crippen LogP contribution in [0, 0.1) is 17.8 Å². The summed E-state index contributed by atoms with van der Waals surface area (Å²) in [7, 11) is 1.40. The number of amides is 1. The van der Waals surface area contributed by atoms with Crippen molar-refractivity contribution in [1.29, 1.82) is 0 Å². The molecule has 2 fully saturated rings.